The van der Waals surface area contributed by atoms with Gasteiger partial charge in [0.1, 0.15) is 5.69 Å². The van der Waals surface area contributed by atoms with Crippen LogP contribution < -0.4 is 10.6 Å². The fourth-order valence-electron chi connectivity index (χ4n) is 1.54. The highest BCUT2D eigenvalue weighted by Crippen LogP contribution is 2.31. The molecule has 0 unspecified atom stereocenters. The van der Waals surface area contributed by atoms with E-state index < -0.39 is 4.92 Å². The van der Waals surface area contributed by atoms with Gasteiger partial charge in [-0.15, -0.1) is 0 Å². The highest BCUT2D eigenvalue weighted by atomic mass is 16.6. The van der Waals surface area contributed by atoms with Gasteiger partial charge in [0.2, 0.25) is 11.8 Å². The van der Waals surface area contributed by atoms with Gasteiger partial charge in [-0.2, -0.15) is 4.98 Å². The van der Waals surface area contributed by atoms with Gasteiger partial charge >= 0.3 is 5.69 Å². The second-order valence-corrected chi connectivity index (χ2v) is 4.04. The minimum atomic E-state index is -0.435. The van der Waals surface area contributed by atoms with E-state index in [9.17, 15) is 10.1 Å². The van der Waals surface area contributed by atoms with Gasteiger partial charge in [-0.1, -0.05) is 0 Å². The molecule has 1 saturated carbocycles. The zero-order valence-corrected chi connectivity index (χ0v) is 9.86. The van der Waals surface area contributed by atoms with E-state index in [1.165, 1.54) is 0 Å². The lowest BCUT2D eigenvalue weighted by atomic mass is 10.3. The van der Waals surface area contributed by atoms with Crippen LogP contribution in [0.15, 0.2) is 0 Å². The van der Waals surface area contributed by atoms with Crippen LogP contribution in [-0.4, -0.2) is 27.5 Å². The lowest BCUT2D eigenvalue weighted by Crippen LogP contribution is -2.12. The molecule has 92 valence electrons. The van der Waals surface area contributed by atoms with Crippen LogP contribution in [0.1, 0.15) is 25.5 Å². The number of hydrogen-bond donors (Lipinski definition) is 2. The van der Waals surface area contributed by atoms with E-state index in [-0.39, 0.29) is 5.69 Å². The first-order chi connectivity index (χ1) is 8.11. The van der Waals surface area contributed by atoms with Crippen LogP contribution in [0, 0.1) is 17.0 Å². The summed E-state index contributed by atoms with van der Waals surface area (Å²) >= 11 is 0. The summed E-state index contributed by atoms with van der Waals surface area (Å²) in [5.74, 6) is 0.750. The normalized spacial score (nSPS) is 14.5. The smallest absolute Gasteiger partial charge is 0.332 e. The number of aromatic nitrogens is 2. The van der Waals surface area contributed by atoms with Crippen LogP contribution >= 0.6 is 0 Å². The number of nitro groups is 1. The quantitative estimate of drug-likeness (QED) is 0.598. The molecule has 0 bridgehead atoms. The van der Waals surface area contributed by atoms with Crippen LogP contribution in [0.5, 0.6) is 0 Å². The molecule has 0 spiro atoms. The Morgan fingerprint density at radius 2 is 2.18 bits per heavy atom. The van der Waals surface area contributed by atoms with Gasteiger partial charge in [0, 0.05) is 12.6 Å². The van der Waals surface area contributed by atoms with Crippen molar-refractivity contribution >= 4 is 17.5 Å². The number of nitrogens with zero attached hydrogens (tertiary/aromatic N) is 3. The third-order valence-electron chi connectivity index (χ3n) is 2.49. The molecular weight excluding hydrogens is 222 g/mol. The standard InChI is InChI=1S/C10H15N5O2/c1-3-11-10-12-6(2)8(15(16)17)9(14-10)13-7-4-5-7/h7H,3-5H2,1-2H3,(H2,11,12,13,14). The van der Waals surface area contributed by atoms with Crippen LogP contribution in [0.4, 0.5) is 17.5 Å². The van der Waals surface area contributed by atoms with E-state index in [0.717, 1.165) is 12.8 Å². The Bertz CT molecular complexity index is 445. The van der Waals surface area contributed by atoms with Crippen molar-refractivity contribution in [3.05, 3.63) is 15.8 Å². The maximum atomic E-state index is 11.0. The summed E-state index contributed by atoms with van der Waals surface area (Å²) in [6.07, 6.45) is 2.08. The minimum absolute atomic E-state index is 0.0291. The average Bonchev–Trinajstić information content (AvgIpc) is 3.00. The number of rotatable bonds is 5. The lowest BCUT2D eigenvalue weighted by molar-refractivity contribution is -0.385. The summed E-state index contributed by atoms with van der Waals surface area (Å²) in [5.41, 5.74) is 0.350. The summed E-state index contributed by atoms with van der Waals surface area (Å²) in [6, 6.07) is 0.317. The summed E-state index contributed by atoms with van der Waals surface area (Å²) in [5, 5.41) is 17.0. The van der Waals surface area contributed by atoms with Crippen molar-refractivity contribution in [1.82, 2.24) is 9.97 Å². The molecule has 17 heavy (non-hydrogen) atoms. The molecule has 2 rings (SSSR count). The van der Waals surface area contributed by atoms with Gasteiger partial charge in [0.25, 0.3) is 0 Å². The van der Waals surface area contributed by atoms with E-state index in [4.69, 9.17) is 0 Å². The molecule has 0 aliphatic heterocycles. The summed E-state index contributed by atoms with van der Waals surface area (Å²) in [4.78, 5) is 18.8. The molecule has 1 aromatic rings. The topological polar surface area (TPSA) is 93.0 Å². The van der Waals surface area contributed by atoms with Crippen molar-refractivity contribution in [1.29, 1.82) is 0 Å². The van der Waals surface area contributed by atoms with Gasteiger partial charge in [-0.25, -0.2) is 4.98 Å². The van der Waals surface area contributed by atoms with Gasteiger partial charge in [-0.05, 0) is 26.7 Å². The zero-order chi connectivity index (χ0) is 12.4. The van der Waals surface area contributed by atoms with E-state index in [1.807, 2.05) is 6.92 Å². The van der Waals surface area contributed by atoms with Crippen LogP contribution in [0.3, 0.4) is 0 Å². The maximum absolute atomic E-state index is 11.0. The fourth-order valence-corrected chi connectivity index (χ4v) is 1.54. The molecular formula is C10H15N5O2. The summed E-state index contributed by atoms with van der Waals surface area (Å²) < 4.78 is 0. The highest BCUT2D eigenvalue weighted by Gasteiger charge is 2.28. The van der Waals surface area contributed by atoms with E-state index >= 15 is 0 Å². The number of nitrogens with one attached hydrogen (secondary N) is 2. The Kier molecular flexibility index (Phi) is 3.08. The van der Waals surface area contributed by atoms with Crippen LogP contribution in [0.2, 0.25) is 0 Å². The van der Waals surface area contributed by atoms with Gasteiger partial charge in [-0.3, -0.25) is 10.1 Å². The van der Waals surface area contributed by atoms with Crippen molar-refractivity contribution in [2.75, 3.05) is 17.2 Å². The average molecular weight is 237 g/mol. The van der Waals surface area contributed by atoms with E-state index in [2.05, 4.69) is 20.6 Å². The molecule has 0 radical (unpaired) electrons. The van der Waals surface area contributed by atoms with Crippen LogP contribution in [-0.2, 0) is 0 Å². The van der Waals surface area contributed by atoms with Crippen molar-refractivity contribution in [3.8, 4) is 0 Å². The Morgan fingerprint density at radius 3 is 2.71 bits per heavy atom. The maximum Gasteiger partial charge on any atom is 0.332 e. The lowest BCUT2D eigenvalue weighted by Gasteiger charge is -2.09. The first kappa shape index (κ1) is 11.6. The molecule has 1 aliphatic rings. The number of hydrogen-bond acceptors (Lipinski definition) is 6. The first-order valence-corrected chi connectivity index (χ1v) is 5.65. The zero-order valence-electron chi connectivity index (χ0n) is 9.86. The molecule has 1 fully saturated rings. The Hall–Kier alpha value is -1.92. The number of aryl methyl sites for hydroxylation is 1. The van der Waals surface area contributed by atoms with Gasteiger partial charge < -0.3 is 10.6 Å². The van der Waals surface area contributed by atoms with Crippen molar-refractivity contribution < 1.29 is 4.92 Å². The fraction of sp³-hybridized carbons (Fsp3) is 0.600. The van der Waals surface area contributed by atoms with Gasteiger partial charge in [0.15, 0.2) is 0 Å². The largest absolute Gasteiger partial charge is 0.361 e. The SMILES string of the molecule is CCNc1nc(C)c([N+](=O)[O-])c(NC2CC2)n1. The highest BCUT2D eigenvalue weighted by molar-refractivity contribution is 5.61. The Balaban J connectivity index is 2.37. The first-order valence-electron chi connectivity index (χ1n) is 5.65. The van der Waals surface area contributed by atoms with Crippen LogP contribution in [0.25, 0.3) is 0 Å². The van der Waals surface area contributed by atoms with Gasteiger partial charge in [0.05, 0.1) is 4.92 Å². The molecule has 7 nitrogen and oxygen atoms in total. The Labute approximate surface area is 98.8 Å². The molecule has 0 amide bonds. The van der Waals surface area contributed by atoms with Crippen molar-refractivity contribution in [2.24, 2.45) is 0 Å². The molecule has 0 atom stereocenters. The predicted molar refractivity (Wildman–Crippen MR) is 64.2 cm³/mol. The number of anilines is 2. The molecule has 1 aliphatic carbocycles. The van der Waals surface area contributed by atoms with Crippen molar-refractivity contribution in [3.63, 3.8) is 0 Å². The monoisotopic (exact) mass is 237 g/mol. The molecule has 1 aromatic heterocycles. The third kappa shape index (κ3) is 2.61. The van der Waals surface area contributed by atoms with E-state index in [0.29, 0.717) is 30.0 Å². The third-order valence-corrected chi connectivity index (χ3v) is 2.49. The second-order valence-electron chi connectivity index (χ2n) is 4.04. The van der Waals surface area contributed by atoms with E-state index in [1.54, 1.807) is 6.92 Å². The Morgan fingerprint density at radius 1 is 1.47 bits per heavy atom. The second kappa shape index (κ2) is 4.52. The molecule has 7 heteroatoms. The molecule has 0 aromatic carbocycles. The molecule has 1 heterocycles. The molecule has 2 N–H and O–H groups in total. The van der Waals surface area contributed by atoms with Crippen molar-refractivity contribution in [2.45, 2.75) is 32.7 Å². The minimum Gasteiger partial charge on any atom is -0.361 e. The summed E-state index contributed by atoms with van der Waals surface area (Å²) in [6.45, 7) is 4.23. The molecule has 0 saturated heterocycles. The predicted octanol–water partition coefficient (Wildman–Crippen LogP) is 1.70. The summed E-state index contributed by atoms with van der Waals surface area (Å²) in [7, 11) is 0.